The number of nitrogens with two attached hydrogens (primary N) is 1. The number of hydrogen-bond donors (Lipinski definition) is 1. The summed E-state index contributed by atoms with van der Waals surface area (Å²) in [4.78, 5) is 26.2. The van der Waals surface area contributed by atoms with Crippen molar-refractivity contribution in [1.29, 1.82) is 0 Å². The molecule has 3 aliphatic rings. The van der Waals surface area contributed by atoms with E-state index >= 15 is 0 Å². The van der Waals surface area contributed by atoms with Crippen LogP contribution in [0.1, 0.15) is 60.5 Å². The third-order valence-electron chi connectivity index (χ3n) is 5.91. The van der Waals surface area contributed by atoms with Crippen LogP contribution in [0.3, 0.4) is 0 Å². The number of aromatic nitrogens is 2. The lowest BCUT2D eigenvalue weighted by molar-refractivity contribution is -0.130. The predicted molar refractivity (Wildman–Crippen MR) is 90.9 cm³/mol. The first kappa shape index (κ1) is 16.6. The second-order valence-electron chi connectivity index (χ2n) is 7.62. The van der Waals surface area contributed by atoms with Gasteiger partial charge in [-0.25, -0.2) is 0 Å². The molecule has 2 amide bonds. The summed E-state index contributed by atoms with van der Waals surface area (Å²) in [5, 5.41) is 4.30. The van der Waals surface area contributed by atoms with Crippen LogP contribution >= 0.6 is 0 Å². The Hall–Kier alpha value is -1.89. The molecular weight excluding hydrogens is 320 g/mol. The van der Waals surface area contributed by atoms with Crippen molar-refractivity contribution in [2.75, 3.05) is 13.1 Å². The zero-order valence-electron chi connectivity index (χ0n) is 14.7. The molecule has 2 atom stereocenters. The molecule has 7 heteroatoms. The summed E-state index contributed by atoms with van der Waals surface area (Å²) in [5.41, 5.74) is 7.20. The molecule has 25 heavy (non-hydrogen) atoms. The highest BCUT2D eigenvalue weighted by Gasteiger charge is 2.38. The Morgan fingerprint density at radius 3 is 2.48 bits per heavy atom. The first-order chi connectivity index (χ1) is 12.0. The van der Waals surface area contributed by atoms with Gasteiger partial charge < -0.3 is 15.4 Å². The molecule has 3 heterocycles. The van der Waals surface area contributed by atoms with Gasteiger partial charge in [0.1, 0.15) is 11.8 Å². The number of aryl methyl sites for hydroxylation is 1. The Kier molecular flexibility index (Phi) is 4.27. The highest BCUT2D eigenvalue weighted by Crippen LogP contribution is 2.42. The molecule has 136 valence electrons. The average Bonchev–Trinajstić information content (AvgIpc) is 3.19. The molecule has 7 nitrogen and oxygen atoms in total. The van der Waals surface area contributed by atoms with Crippen LogP contribution in [0.4, 0.5) is 0 Å². The lowest BCUT2D eigenvalue weighted by Crippen LogP contribution is -2.42. The van der Waals surface area contributed by atoms with Gasteiger partial charge in [0.25, 0.3) is 5.91 Å². The maximum Gasteiger partial charge on any atom is 0.272 e. The molecular formula is C18H26N4O3. The van der Waals surface area contributed by atoms with Gasteiger partial charge in [0.05, 0.1) is 12.3 Å². The number of carbonyl (C=O) groups excluding carboxylic acids is 2. The highest BCUT2D eigenvalue weighted by atomic mass is 16.5. The minimum Gasteiger partial charge on any atom is -0.367 e. The predicted octanol–water partition coefficient (Wildman–Crippen LogP) is 1.18. The fourth-order valence-corrected chi connectivity index (χ4v) is 4.25. The molecule has 0 aromatic carbocycles. The van der Waals surface area contributed by atoms with Crippen LogP contribution in [0.15, 0.2) is 6.20 Å². The topological polar surface area (TPSA) is 90.5 Å². The zero-order chi connectivity index (χ0) is 17.6. The quantitative estimate of drug-likeness (QED) is 0.886. The first-order valence-electron chi connectivity index (χ1n) is 9.30. The van der Waals surface area contributed by atoms with Gasteiger partial charge in [-0.3, -0.25) is 14.3 Å². The van der Waals surface area contributed by atoms with Crippen LogP contribution in [0.25, 0.3) is 0 Å². The summed E-state index contributed by atoms with van der Waals surface area (Å²) in [6.45, 7) is 1.47. The van der Waals surface area contributed by atoms with Crippen molar-refractivity contribution in [2.24, 2.45) is 18.7 Å². The molecule has 0 spiro atoms. The van der Waals surface area contributed by atoms with E-state index in [1.54, 1.807) is 4.68 Å². The van der Waals surface area contributed by atoms with Crippen LogP contribution in [-0.4, -0.2) is 51.8 Å². The molecule has 1 aliphatic carbocycles. The van der Waals surface area contributed by atoms with E-state index in [1.807, 2.05) is 18.1 Å². The fourth-order valence-electron chi connectivity index (χ4n) is 4.25. The van der Waals surface area contributed by atoms with Gasteiger partial charge in [-0.05, 0) is 50.4 Å². The van der Waals surface area contributed by atoms with E-state index in [2.05, 4.69) is 5.10 Å². The van der Waals surface area contributed by atoms with Crippen molar-refractivity contribution < 1.29 is 14.3 Å². The summed E-state index contributed by atoms with van der Waals surface area (Å²) < 4.78 is 7.54. The summed E-state index contributed by atoms with van der Waals surface area (Å²) in [6, 6.07) is 0. The third-order valence-corrected chi connectivity index (χ3v) is 5.91. The zero-order valence-corrected chi connectivity index (χ0v) is 14.7. The van der Waals surface area contributed by atoms with Gasteiger partial charge in [-0.2, -0.15) is 5.10 Å². The SMILES string of the molecule is Cn1ncc(C2CC2)c1C(=O)N1CCC([C@@H]2CC[C@H](C(N)=O)O2)CC1. The van der Waals surface area contributed by atoms with Gasteiger partial charge >= 0.3 is 0 Å². The summed E-state index contributed by atoms with van der Waals surface area (Å²) >= 11 is 0. The van der Waals surface area contributed by atoms with E-state index in [-0.39, 0.29) is 17.9 Å². The van der Waals surface area contributed by atoms with E-state index in [1.165, 1.54) is 0 Å². The number of hydrogen-bond acceptors (Lipinski definition) is 4. The maximum absolute atomic E-state index is 13.0. The van der Waals surface area contributed by atoms with Gasteiger partial charge in [0.15, 0.2) is 0 Å². The standard InChI is InChI=1S/C18H26N4O3/c1-21-16(13(10-20-21)11-2-3-11)18(24)22-8-6-12(7-9-22)14-4-5-15(25-14)17(19)23/h10-12,14-15H,2-9H2,1H3,(H2,19,23)/t14-,15+/m0/s1. The van der Waals surface area contributed by atoms with Crippen molar-refractivity contribution in [3.63, 3.8) is 0 Å². The van der Waals surface area contributed by atoms with Gasteiger partial charge in [0.2, 0.25) is 5.91 Å². The number of carbonyl (C=O) groups is 2. The van der Waals surface area contributed by atoms with E-state index in [0.717, 1.165) is 62.9 Å². The van der Waals surface area contributed by atoms with E-state index in [4.69, 9.17) is 10.5 Å². The Bertz CT molecular complexity index is 674. The van der Waals surface area contributed by atoms with E-state index < -0.39 is 6.10 Å². The number of piperidine rings is 1. The smallest absolute Gasteiger partial charge is 0.272 e. The Morgan fingerprint density at radius 1 is 1.16 bits per heavy atom. The van der Waals surface area contributed by atoms with Gasteiger partial charge in [-0.1, -0.05) is 0 Å². The van der Waals surface area contributed by atoms with Crippen LogP contribution in [0.2, 0.25) is 0 Å². The number of rotatable bonds is 4. The number of primary amides is 1. The number of amides is 2. The number of likely N-dealkylation sites (tertiary alicyclic amines) is 1. The number of nitrogens with zero attached hydrogens (tertiary/aromatic N) is 3. The molecule has 1 saturated carbocycles. The molecule has 0 bridgehead atoms. The Balaban J connectivity index is 1.37. The molecule has 3 fully saturated rings. The number of ether oxygens (including phenoxy) is 1. The van der Waals surface area contributed by atoms with Crippen molar-refractivity contribution in [3.8, 4) is 0 Å². The fraction of sp³-hybridized carbons (Fsp3) is 0.722. The summed E-state index contributed by atoms with van der Waals surface area (Å²) in [7, 11) is 1.85. The minimum atomic E-state index is -0.430. The summed E-state index contributed by atoms with van der Waals surface area (Å²) in [6.07, 6.45) is 7.29. The molecule has 2 saturated heterocycles. The maximum atomic E-state index is 13.0. The minimum absolute atomic E-state index is 0.0997. The first-order valence-corrected chi connectivity index (χ1v) is 9.30. The second kappa shape index (κ2) is 6.44. The molecule has 1 aromatic heterocycles. The molecule has 1 aromatic rings. The largest absolute Gasteiger partial charge is 0.367 e. The van der Waals surface area contributed by atoms with Gasteiger partial charge in [0, 0.05) is 25.7 Å². The lowest BCUT2D eigenvalue weighted by atomic mass is 9.89. The third kappa shape index (κ3) is 3.17. The van der Waals surface area contributed by atoms with Crippen LogP contribution < -0.4 is 5.73 Å². The van der Waals surface area contributed by atoms with Crippen LogP contribution in [-0.2, 0) is 16.6 Å². The van der Waals surface area contributed by atoms with Crippen molar-refractivity contribution in [1.82, 2.24) is 14.7 Å². The highest BCUT2D eigenvalue weighted by molar-refractivity contribution is 5.94. The molecule has 0 radical (unpaired) electrons. The van der Waals surface area contributed by atoms with Crippen LogP contribution in [0, 0.1) is 5.92 Å². The van der Waals surface area contributed by atoms with Crippen molar-refractivity contribution >= 4 is 11.8 Å². The molecule has 0 unspecified atom stereocenters. The normalized spacial score (nSPS) is 27.6. The Labute approximate surface area is 147 Å². The van der Waals surface area contributed by atoms with Crippen molar-refractivity contribution in [3.05, 3.63) is 17.5 Å². The monoisotopic (exact) mass is 346 g/mol. The molecule has 2 aliphatic heterocycles. The van der Waals surface area contributed by atoms with Crippen molar-refractivity contribution in [2.45, 2.75) is 56.7 Å². The van der Waals surface area contributed by atoms with Crippen LogP contribution in [0.5, 0.6) is 0 Å². The Morgan fingerprint density at radius 2 is 1.88 bits per heavy atom. The molecule has 2 N–H and O–H groups in total. The van der Waals surface area contributed by atoms with E-state index in [0.29, 0.717) is 11.8 Å². The lowest BCUT2D eigenvalue weighted by Gasteiger charge is -2.34. The average molecular weight is 346 g/mol. The van der Waals surface area contributed by atoms with Gasteiger partial charge in [-0.15, -0.1) is 0 Å². The summed E-state index contributed by atoms with van der Waals surface area (Å²) in [5.74, 6) is 0.660. The molecule has 4 rings (SSSR count). The second-order valence-corrected chi connectivity index (χ2v) is 7.62. The van der Waals surface area contributed by atoms with E-state index in [9.17, 15) is 9.59 Å².